The number of azo groups is 1. The minimum absolute atomic E-state index is 0.540. The summed E-state index contributed by atoms with van der Waals surface area (Å²) in [5.74, 6) is 0.859. The Balaban J connectivity index is 1.65. The molecule has 0 N–H and O–H groups in total. The van der Waals surface area contributed by atoms with Crippen LogP contribution in [0.25, 0.3) is 0 Å². The van der Waals surface area contributed by atoms with Crippen LogP contribution in [0.5, 0.6) is 5.75 Å². The summed E-state index contributed by atoms with van der Waals surface area (Å²) < 4.78 is 6.97. The maximum Gasteiger partial charge on any atom is 0.122 e. The number of halogens is 1. The molecular formula is C21H19BrN2O. The number of benzene rings is 3. The van der Waals surface area contributed by atoms with E-state index in [4.69, 9.17) is 4.74 Å². The van der Waals surface area contributed by atoms with Crippen molar-refractivity contribution in [3.8, 4) is 5.75 Å². The van der Waals surface area contributed by atoms with Crippen LogP contribution in [-0.2, 0) is 6.61 Å². The Labute approximate surface area is 156 Å². The molecule has 0 aliphatic rings. The van der Waals surface area contributed by atoms with E-state index in [-0.39, 0.29) is 0 Å². The highest BCUT2D eigenvalue weighted by atomic mass is 79.9. The number of aryl methyl sites for hydroxylation is 2. The van der Waals surface area contributed by atoms with Gasteiger partial charge in [-0.05, 0) is 67.4 Å². The minimum Gasteiger partial charge on any atom is -0.489 e. The molecule has 0 aromatic heterocycles. The van der Waals surface area contributed by atoms with Crippen molar-refractivity contribution in [1.29, 1.82) is 0 Å². The van der Waals surface area contributed by atoms with Crippen LogP contribution in [0.1, 0.15) is 16.7 Å². The van der Waals surface area contributed by atoms with Gasteiger partial charge in [0, 0.05) is 4.47 Å². The molecule has 0 heterocycles. The molecule has 0 saturated heterocycles. The van der Waals surface area contributed by atoms with Crippen molar-refractivity contribution < 1.29 is 4.74 Å². The Bertz CT molecular complexity index is 871. The molecule has 3 nitrogen and oxygen atoms in total. The largest absolute Gasteiger partial charge is 0.489 e. The van der Waals surface area contributed by atoms with Gasteiger partial charge in [0.2, 0.25) is 0 Å². The van der Waals surface area contributed by atoms with E-state index in [0.29, 0.717) is 6.61 Å². The van der Waals surface area contributed by atoms with Crippen LogP contribution in [0.2, 0.25) is 0 Å². The Morgan fingerprint density at radius 3 is 2.12 bits per heavy atom. The quantitative estimate of drug-likeness (QED) is 0.426. The summed E-state index contributed by atoms with van der Waals surface area (Å²) >= 11 is 3.44. The molecule has 0 saturated carbocycles. The third-order valence-corrected chi connectivity index (χ3v) is 4.31. The lowest BCUT2D eigenvalue weighted by Crippen LogP contribution is -1.96. The summed E-state index contributed by atoms with van der Waals surface area (Å²) in [5, 5.41) is 8.57. The lowest BCUT2D eigenvalue weighted by Gasteiger charge is -2.09. The van der Waals surface area contributed by atoms with Crippen molar-refractivity contribution in [3.63, 3.8) is 0 Å². The van der Waals surface area contributed by atoms with E-state index < -0.39 is 0 Å². The normalized spacial score (nSPS) is 11.0. The van der Waals surface area contributed by atoms with Crippen molar-refractivity contribution in [2.75, 3.05) is 0 Å². The predicted molar refractivity (Wildman–Crippen MR) is 105 cm³/mol. The molecule has 0 bridgehead atoms. The molecule has 3 aromatic carbocycles. The highest BCUT2D eigenvalue weighted by molar-refractivity contribution is 9.10. The van der Waals surface area contributed by atoms with E-state index in [1.807, 2.05) is 73.7 Å². The summed E-state index contributed by atoms with van der Waals surface area (Å²) in [4.78, 5) is 0. The monoisotopic (exact) mass is 394 g/mol. The van der Waals surface area contributed by atoms with Crippen LogP contribution in [0.3, 0.4) is 0 Å². The average Bonchev–Trinajstić information content (AvgIpc) is 2.62. The molecule has 3 aromatic rings. The van der Waals surface area contributed by atoms with Gasteiger partial charge in [-0.3, -0.25) is 0 Å². The molecule has 0 spiro atoms. The molecule has 0 fully saturated rings. The maximum absolute atomic E-state index is 5.91. The minimum atomic E-state index is 0.540. The van der Waals surface area contributed by atoms with Crippen LogP contribution < -0.4 is 4.74 Å². The van der Waals surface area contributed by atoms with Crippen LogP contribution in [-0.4, -0.2) is 0 Å². The number of hydrogen-bond donors (Lipinski definition) is 0. The van der Waals surface area contributed by atoms with Crippen LogP contribution in [0, 0.1) is 13.8 Å². The van der Waals surface area contributed by atoms with Crippen molar-refractivity contribution in [1.82, 2.24) is 0 Å². The molecule has 0 radical (unpaired) electrons. The van der Waals surface area contributed by atoms with E-state index in [2.05, 4.69) is 33.1 Å². The fraction of sp³-hybridized carbons (Fsp3) is 0.143. The highest BCUT2D eigenvalue weighted by Gasteiger charge is 2.02. The molecule has 0 amide bonds. The topological polar surface area (TPSA) is 34.0 Å². The second-order valence-corrected chi connectivity index (χ2v) is 6.82. The van der Waals surface area contributed by atoms with Crippen LogP contribution in [0.4, 0.5) is 11.4 Å². The van der Waals surface area contributed by atoms with Gasteiger partial charge >= 0.3 is 0 Å². The van der Waals surface area contributed by atoms with Crippen molar-refractivity contribution in [2.24, 2.45) is 10.2 Å². The fourth-order valence-electron chi connectivity index (χ4n) is 2.33. The third-order valence-electron chi connectivity index (χ3n) is 3.78. The highest BCUT2D eigenvalue weighted by Crippen LogP contribution is 2.26. The van der Waals surface area contributed by atoms with Gasteiger partial charge in [-0.15, -0.1) is 0 Å². The molecule has 25 heavy (non-hydrogen) atoms. The lowest BCUT2D eigenvalue weighted by molar-refractivity contribution is 0.304. The number of ether oxygens (including phenoxy) is 1. The Morgan fingerprint density at radius 1 is 0.800 bits per heavy atom. The first kappa shape index (κ1) is 17.4. The summed E-state index contributed by atoms with van der Waals surface area (Å²) in [6.45, 7) is 4.61. The average molecular weight is 395 g/mol. The smallest absolute Gasteiger partial charge is 0.122 e. The SMILES string of the molecule is Cc1ccc(N=Nc2ccc(OCc3ccc(Br)cc3)c(C)c2)cc1. The molecule has 4 heteroatoms. The van der Waals surface area contributed by atoms with E-state index in [1.165, 1.54) is 5.56 Å². The standard InChI is InChI=1S/C21H19BrN2O/c1-15-3-9-19(10-4-15)23-24-20-11-12-21(16(2)13-20)25-14-17-5-7-18(22)8-6-17/h3-13H,14H2,1-2H3. The van der Waals surface area contributed by atoms with Gasteiger partial charge in [-0.1, -0.05) is 45.8 Å². The summed E-state index contributed by atoms with van der Waals surface area (Å²) in [7, 11) is 0. The Hall–Kier alpha value is -2.46. The molecule has 3 rings (SSSR count). The second-order valence-electron chi connectivity index (χ2n) is 5.90. The fourth-order valence-corrected chi connectivity index (χ4v) is 2.59. The lowest BCUT2D eigenvalue weighted by atomic mass is 10.2. The zero-order valence-electron chi connectivity index (χ0n) is 14.2. The molecular weight excluding hydrogens is 376 g/mol. The van der Waals surface area contributed by atoms with Crippen molar-refractivity contribution >= 4 is 27.3 Å². The van der Waals surface area contributed by atoms with Gasteiger partial charge in [-0.2, -0.15) is 10.2 Å². The van der Waals surface area contributed by atoms with E-state index in [9.17, 15) is 0 Å². The van der Waals surface area contributed by atoms with E-state index in [0.717, 1.165) is 32.7 Å². The number of nitrogens with zero attached hydrogens (tertiary/aromatic N) is 2. The number of hydrogen-bond acceptors (Lipinski definition) is 3. The van der Waals surface area contributed by atoms with E-state index in [1.54, 1.807) is 0 Å². The van der Waals surface area contributed by atoms with Gasteiger partial charge in [0.1, 0.15) is 12.4 Å². The number of rotatable bonds is 5. The summed E-state index contributed by atoms with van der Waals surface area (Å²) in [5.41, 5.74) is 5.04. The van der Waals surface area contributed by atoms with E-state index >= 15 is 0 Å². The first-order valence-corrected chi connectivity index (χ1v) is 8.86. The van der Waals surface area contributed by atoms with Crippen LogP contribution in [0.15, 0.2) is 81.4 Å². The molecule has 0 aliphatic heterocycles. The summed E-state index contributed by atoms with van der Waals surface area (Å²) in [6, 6.07) is 21.9. The van der Waals surface area contributed by atoms with Gasteiger partial charge in [0.25, 0.3) is 0 Å². The Kier molecular flexibility index (Phi) is 5.61. The summed E-state index contributed by atoms with van der Waals surface area (Å²) in [6.07, 6.45) is 0. The van der Waals surface area contributed by atoms with Gasteiger partial charge in [0.05, 0.1) is 11.4 Å². The zero-order chi connectivity index (χ0) is 17.6. The maximum atomic E-state index is 5.91. The zero-order valence-corrected chi connectivity index (χ0v) is 15.8. The second kappa shape index (κ2) is 8.08. The Morgan fingerprint density at radius 2 is 1.44 bits per heavy atom. The molecule has 0 aliphatic carbocycles. The molecule has 0 atom stereocenters. The van der Waals surface area contributed by atoms with Gasteiger partial charge in [-0.25, -0.2) is 0 Å². The molecule has 0 unspecified atom stereocenters. The first-order chi connectivity index (χ1) is 12.1. The van der Waals surface area contributed by atoms with Crippen molar-refractivity contribution in [3.05, 3.63) is 87.9 Å². The van der Waals surface area contributed by atoms with Crippen LogP contribution >= 0.6 is 15.9 Å². The predicted octanol–water partition coefficient (Wildman–Crippen LogP) is 7.06. The van der Waals surface area contributed by atoms with Gasteiger partial charge in [0.15, 0.2) is 0 Å². The third kappa shape index (κ3) is 5.00. The molecule has 126 valence electrons. The van der Waals surface area contributed by atoms with Crippen molar-refractivity contribution in [2.45, 2.75) is 20.5 Å². The van der Waals surface area contributed by atoms with Gasteiger partial charge < -0.3 is 4.74 Å². The first-order valence-electron chi connectivity index (χ1n) is 8.06.